The highest BCUT2D eigenvalue weighted by Gasteiger charge is 2.07. The Morgan fingerprint density at radius 1 is 1.21 bits per heavy atom. The molecule has 1 rings (SSSR count). The fourth-order valence-electron chi connectivity index (χ4n) is 1.73. The minimum Gasteiger partial charge on any atom is -0.351 e. The fraction of sp³-hybridized carbons (Fsp3) is 0.312. The van der Waals surface area contributed by atoms with Crippen molar-refractivity contribution in [3.05, 3.63) is 60.7 Å². The zero-order chi connectivity index (χ0) is 14.1. The van der Waals surface area contributed by atoms with E-state index in [1.165, 1.54) is 5.56 Å². The molecule has 0 saturated heterocycles. The molecule has 0 heterocycles. The Labute approximate surface area is 115 Å². The first-order valence-electron chi connectivity index (χ1n) is 6.42. The number of aryl methyl sites for hydroxylation is 1. The number of carbonyl (C=O) groups excluding carboxylic acids is 1. The van der Waals surface area contributed by atoms with Crippen molar-refractivity contribution in [3.8, 4) is 0 Å². The molecule has 102 valence electrons. The van der Waals surface area contributed by atoms with Gasteiger partial charge in [-0.15, -0.1) is 13.2 Å². The Bertz CT molecular complexity index is 413. The lowest BCUT2D eigenvalue weighted by molar-refractivity contribution is -0.122. The van der Waals surface area contributed by atoms with E-state index in [-0.39, 0.29) is 5.91 Å². The van der Waals surface area contributed by atoms with E-state index in [2.05, 4.69) is 18.5 Å². The van der Waals surface area contributed by atoms with Crippen LogP contribution in [0.3, 0.4) is 0 Å². The summed E-state index contributed by atoms with van der Waals surface area (Å²) in [6.07, 6.45) is 3.58. The third-order valence-corrected chi connectivity index (χ3v) is 2.75. The number of nitrogens with zero attached hydrogens (tertiary/aromatic N) is 1. The average molecular weight is 258 g/mol. The first kappa shape index (κ1) is 15.2. The third-order valence-electron chi connectivity index (χ3n) is 2.75. The van der Waals surface area contributed by atoms with Crippen LogP contribution in [0, 0.1) is 6.92 Å². The summed E-state index contributed by atoms with van der Waals surface area (Å²) in [6.45, 7) is 11.7. The summed E-state index contributed by atoms with van der Waals surface area (Å²) in [4.78, 5) is 13.8. The summed E-state index contributed by atoms with van der Waals surface area (Å²) in [5, 5.41) is 2.92. The molecule has 0 aromatic heterocycles. The molecule has 0 saturated carbocycles. The molecular formula is C16H22N2O. The lowest BCUT2D eigenvalue weighted by Crippen LogP contribution is -2.37. The summed E-state index contributed by atoms with van der Waals surface area (Å²) in [6, 6.07) is 8.15. The molecule has 1 aromatic rings. The number of rotatable bonds is 8. The lowest BCUT2D eigenvalue weighted by atomic mass is 10.1. The van der Waals surface area contributed by atoms with Crippen molar-refractivity contribution in [1.82, 2.24) is 10.2 Å². The van der Waals surface area contributed by atoms with Crippen LogP contribution in [0.2, 0.25) is 0 Å². The van der Waals surface area contributed by atoms with Crippen molar-refractivity contribution < 1.29 is 4.79 Å². The Balaban J connectivity index is 2.39. The second kappa shape index (κ2) is 8.27. The van der Waals surface area contributed by atoms with Crippen LogP contribution in [0.15, 0.2) is 49.6 Å². The van der Waals surface area contributed by atoms with Crippen molar-refractivity contribution in [3.63, 3.8) is 0 Å². The monoisotopic (exact) mass is 258 g/mol. The fourth-order valence-corrected chi connectivity index (χ4v) is 1.73. The maximum atomic E-state index is 11.8. The molecule has 0 atom stereocenters. The summed E-state index contributed by atoms with van der Waals surface area (Å²) in [5.74, 6) is 0.0178. The molecule has 0 aliphatic heterocycles. The van der Waals surface area contributed by atoms with E-state index in [9.17, 15) is 4.79 Å². The predicted octanol–water partition coefficient (Wildman–Crippen LogP) is 2.29. The van der Waals surface area contributed by atoms with Gasteiger partial charge in [0.05, 0.1) is 6.54 Å². The van der Waals surface area contributed by atoms with Gasteiger partial charge in [0.2, 0.25) is 5.91 Å². The van der Waals surface area contributed by atoms with Gasteiger partial charge in [-0.1, -0.05) is 42.0 Å². The third kappa shape index (κ3) is 6.02. The Morgan fingerprint density at radius 3 is 2.32 bits per heavy atom. The molecule has 0 bridgehead atoms. The lowest BCUT2D eigenvalue weighted by Gasteiger charge is -2.18. The normalized spacial score (nSPS) is 10.2. The van der Waals surface area contributed by atoms with Crippen LogP contribution in [-0.4, -0.2) is 30.4 Å². The molecule has 19 heavy (non-hydrogen) atoms. The van der Waals surface area contributed by atoms with Gasteiger partial charge in [0.15, 0.2) is 0 Å². The highest BCUT2D eigenvalue weighted by atomic mass is 16.2. The van der Waals surface area contributed by atoms with E-state index in [0.717, 1.165) is 5.56 Å². The number of hydrogen-bond donors (Lipinski definition) is 1. The molecule has 0 aliphatic rings. The second-order valence-electron chi connectivity index (χ2n) is 4.53. The quantitative estimate of drug-likeness (QED) is 0.726. The minimum atomic E-state index is 0.0178. The van der Waals surface area contributed by atoms with Gasteiger partial charge < -0.3 is 5.32 Å². The van der Waals surface area contributed by atoms with E-state index < -0.39 is 0 Å². The second-order valence-corrected chi connectivity index (χ2v) is 4.53. The maximum Gasteiger partial charge on any atom is 0.234 e. The van der Waals surface area contributed by atoms with Crippen LogP contribution < -0.4 is 5.32 Å². The van der Waals surface area contributed by atoms with Gasteiger partial charge in [-0.05, 0) is 12.5 Å². The van der Waals surface area contributed by atoms with Crippen molar-refractivity contribution in [2.45, 2.75) is 13.5 Å². The van der Waals surface area contributed by atoms with Crippen molar-refractivity contribution >= 4 is 5.91 Å². The van der Waals surface area contributed by atoms with Gasteiger partial charge in [-0.25, -0.2) is 0 Å². The molecule has 3 heteroatoms. The molecule has 0 fully saturated rings. The Hall–Kier alpha value is -1.87. The Kier molecular flexibility index (Phi) is 6.61. The van der Waals surface area contributed by atoms with E-state index >= 15 is 0 Å². The van der Waals surface area contributed by atoms with Gasteiger partial charge in [0.25, 0.3) is 0 Å². The van der Waals surface area contributed by atoms with E-state index in [0.29, 0.717) is 26.2 Å². The predicted molar refractivity (Wildman–Crippen MR) is 79.9 cm³/mol. The van der Waals surface area contributed by atoms with Gasteiger partial charge in [0, 0.05) is 19.6 Å². The summed E-state index contributed by atoms with van der Waals surface area (Å²) >= 11 is 0. The largest absolute Gasteiger partial charge is 0.351 e. The molecule has 0 unspecified atom stereocenters. The van der Waals surface area contributed by atoms with Crippen LogP contribution in [0.25, 0.3) is 0 Å². The zero-order valence-electron chi connectivity index (χ0n) is 11.6. The molecule has 0 spiro atoms. The summed E-state index contributed by atoms with van der Waals surface area (Å²) in [7, 11) is 0. The number of benzene rings is 1. The number of hydrogen-bond acceptors (Lipinski definition) is 2. The maximum absolute atomic E-state index is 11.8. The molecule has 0 aliphatic carbocycles. The van der Waals surface area contributed by atoms with Gasteiger partial charge in [-0.2, -0.15) is 0 Å². The van der Waals surface area contributed by atoms with E-state index in [1.54, 1.807) is 12.2 Å². The van der Waals surface area contributed by atoms with E-state index in [4.69, 9.17) is 0 Å². The van der Waals surface area contributed by atoms with Crippen LogP contribution >= 0.6 is 0 Å². The smallest absolute Gasteiger partial charge is 0.234 e. The number of carbonyl (C=O) groups is 1. The SMILES string of the molecule is C=CCN(CC=C)CC(=O)NCc1ccc(C)cc1. The van der Waals surface area contributed by atoms with Crippen LogP contribution in [0.5, 0.6) is 0 Å². The molecule has 1 amide bonds. The zero-order valence-corrected chi connectivity index (χ0v) is 11.6. The summed E-state index contributed by atoms with van der Waals surface area (Å²) in [5.41, 5.74) is 2.33. The average Bonchev–Trinajstić information content (AvgIpc) is 2.39. The van der Waals surface area contributed by atoms with Crippen LogP contribution in [0.1, 0.15) is 11.1 Å². The molecule has 3 nitrogen and oxygen atoms in total. The number of amides is 1. The van der Waals surface area contributed by atoms with Crippen molar-refractivity contribution in [2.75, 3.05) is 19.6 Å². The standard InChI is InChI=1S/C16H22N2O/c1-4-10-18(11-5-2)13-16(19)17-12-15-8-6-14(3)7-9-15/h4-9H,1-2,10-13H2,3H3,(H,17,19). The molecule has 1 aromatic carbocycles. The summed E-state index contributed by atoms with van der Waals surface area (Å²) < 4.78 is 0. The minimum absolute atomic E-state index is 0.0178. The first-order valence-corrected chi connectivity index (χ1v) is 6.42. The topological polar surface area (TPSA) is 32.3 Å². The molecular weight excluding hydrogens is 236 g/mol. The van der Waals surface area contributed by atoms with Crippen LogP contribution in [0.4, 0.5) is 0 Å². The van der Waals surface area contributed by atoms with Crippen LogP contribution in [-0.2, 0) is 11.3 Å². The highest BCUT2D eigenvalue weighted by Crippen LogP contribution is 2.02. The number of nitrogens with one attached hydrogen (secondary N) is 1. The van der Waals surface area contributed by atoms with Gasteiger partial charge >= 0.3 is 0 Å². The van der Waals surface area contributed by atoms with E-state index in [1.807, 2.05) is 36.1 Å². The van der Waals surface area contributed by atoms with Crippen molar-refractivity contribution in [2.24, 2.45) is 0 Å². The highest BCUT2D eigenvalue weighted by molar-refractivity contribution is 5.78. The first-order chi connectivity index (χ1) is 9.15. The van der Waals surface area contributed by atoms with Crippen molar-refractivity contribution in [1.29, 1.82) is 0 Å². The van der Waals surface area contributed by atoms with Gasteiger partial charge in [-0.3, -0.25) is 9.69 Å². The van der Waals surface area contributed by atoms with Gasteiger partial charge in [0.1, 0.15) is 0 Å². The molecule has 1 N–H and O–H groups in total. The molecule has 0 radical (unpaired) electrons. The Morgan fingerprint density at radius 2 is 1.79 bits per heavy atom.